The van der Waals surface area contributed by atoms with Crippen LogP contribution in [0.3, 0.4) is 0 Å². The maximum absolute atomic E-state index is 12.2. The number of aromatic nitrogens is 1. The lowest BCUT2D eigenvalue weighted by Crippen LogP contribution is -2.45. The first-order chi connectivity index (χ1) is 9.60. The van der Waals surface area contributed by atoms with E-state index in [9.17, 15) is 4.79 Å². The first-order valence-corrected chi connectivity index (χ1v) is 6.93. The molecule has 4 N–H and O–H groups in total. The van der Waals surface area contributed by atoms with Crippen molar-refractivity contribution >= 4 is 27.7 Å². The molecule has 1 aliphatic heterocycles. The largest absolute Gasteiger partial charge is 0.378 e. The highest BCUT2D eigenvalue weighted by Gasteiger charge is 2.35. The number of hydrazine groups is 1. The molecule has 1 aromatic heterocycles. The quantitative estimate of drug-likeness (QED) is 0.536. The number of pyridine rings is 1. The van der Waals surface area contributed by atoms with Gasteiger partial charge in [0, 0.05) is 37.4 Å². The lowest BCUT2D eigenvalue weighted by molar-refractivity contribution is -0.0148. The number of hydrogen-bond acceptors (Lipinski definition) is 6. The molecule has 2 rings (SSSR count). The number of halogens is 1. The molecule has 1 aliphatic rings. The van der Waals surface area contributed by atoms with Gasteiger partial charge in [-0.05, 0) is 22.0 Å². The summed E-state index contributed by atoms with van der Waals surface area (Å²) in [4.78, 5) is 16.3. The van der Waals surface area contributed by atoms with Gasteiger partial charge >= 0.3 is 0 Å². The van der Waals surface area contributed by atoms with Crippen molar-refractivity contribution < 1.29 is 14.3 Å². The second-order valence-corrected chi connectivity index (χ2v) is 5.48. The predicted octanol–water partition coefficient (Wildman–Crippen LogP) is 0.665. The summed E-state index contributed by atoms with van der Waals surface area (Å²) in [7, 11) is 1.62. The average molecular weight is 345 g/mol. The van der Waals surface area contributed by atoms with Gasteiger partial charge in [-0.2, -0.15) is 0 Å². The van der Waals surface area contributed by atoms with E-state index in [1.54, 1.807) is 19.4 Å². The summed E-state index contributed by atoms with van der Waals surface area (Å²) in [5.74, 6) is 5.41. The molecule has 0 aliphatic carbocycles. The number of anilines is 1. The number of nitrogens with two attached hydrogens (primary N) is 1. The van der Waals surface area contributed by atoms with E-state index in [-0.39, 0.29) is 5.91 Å². The van der Waals surface area contributed by atoms with Gasteiger partial charge in [0.1, 0.15) is 5.60 Å². The molecular formula is C12H17BrN4O3. The van der Waals surface area contributed by atoms with E-state index in [4.69, 9.17) is 15.3 Å². The van der Waals surface area contributed by atoms with Gasteiger partial charge in [0.25, 0.3) is 5.91 Å². The van der Waals surface area contributed by atoms with Crippen molar-refractivity contribution in [3.8, 4) is 0 Å². The van der Waals surface area contributed by atoms with Gasteiger partial charge in [-0.15, -0.1) is 0 Å². The standard InChI is InChI=1S/C12H17BrN4O3/c1-19-12(2-3-20-7-12)6-16-11(18)9-4-8(13)5-15-10(9)17-14/h4-5H,2-3,6-7,14H2,1H3,(H,15,17)(H,16,18). The van der Waals surface area contributed by atoms with Gasteiger partial charge in [-0.1, -0.05) is 0 Å². The van der Waals surface area contributed by atoms with E-state index >= 15 is 0 Å². The highest BCUT2D eigenvalue weighted by atomic mass is 79.9. The van der Waals surface area contributed by atoms with Gasteiger partial charge in [0.2, 0.25) is 0 Å². The lowest BCUT2D eigenvalue weighted by atomic mass is 10.0. The SMILES string of the molecule is COC1(CNC(=O)c2cc(Br)cnc2NN)CCOC1. The normalized spacial score (nSPS) is 21.8. The second kappa shape index (κ2) is 6.49. The number of nitrogen functional groups attached to an aromatic ring is 1. The van der Waals surface area contributed by atoms with E-state index in [2.05, 4.69) is 31.7 Å². The molecule has 1 fully saturated rings. The first kappa shape index (κ1) is 15.2. The van der Waals surface area contributed by atoms with E-state index in [0.29, 0.717) is 35.6 Å². The van der Waals surface area contributed by atoms with Crippen LogP contribution < -0.4 is 16.6 Å². The fourth-order valence-corrected chi connectivity index (χ4v) is 2.36. The van der Waals surface area contributed by atoms with Gasteiger partial charge in [0.15, 0.2) is 5.82 Å². The minimum atomic E-state index is -0.453. The molecule has 1 atom stereocenters. The number of rotatable bonds is 5. The number of nitrogens with zero attached hydrogens (tertiary/aromatic N) is 1. The third-order valence-corrected chi connectivity index (χ3v) is 3.74. The molecule has 7 nitrogen and oxygen atoms in total. The fraction of sp³-hybridized carbons (Fsp3) is 0.500. The zero-order chi connectivity index (χ0) is 14.6. The zero-order valence-corrected chi connectivity index (χ0v) is 12.7. The Morgan fingerprint density at radius 2 is 2.50 bits per heavy atom. The number of nitrogens with one attached hydrogen (secondary N) is 2. The van der Waals surface area contributed by atoms with Crippen LogP contribution in [0.1, 0.15) is 16.8 Å². The molecule has 0 bridgehead atoms. The number of ether oxygens (including phenoxy) is 2. The van der Waals surface area contributed by atoms with Crippen molar-refractivity contribution in [1.82, 2.24) is 10.3 Å². The molecule has 1 unspecified atom stereocenters. The average Bonchev–Trinajstić information content (AvgIpc) is 2.94. The van der Waals surface area contributed by atoms with Crippen molar-refractivity contribution in [2.24, 2.45) is 5.84 Å². The van der Waals surface area contributed by atoms with Crippen molar-refractivity contribution in [1.29, 1.82) is 0 Å². The highest BCUT2D eigenvalue weighted by Crippen LogP contribution is 2.22. The van der Waals surface area contributed by atoms with E-state index < -0.39 is 5.60 Å². The maximum Gasteiger partial charge on any atom is 0.255 e. The highest BCUT2D eigenvalue weighted by molar-refractivity contribution is 9.10. The molecule has 110 valence electrons. The van der Waals surface area contributed by atoms with E-state index in [1.165, 1.54) is 0 Å². The summed E-state index contributed by atoms with van der Waals surface area (Å²) in [6.45, 7) is 1.49. The minimum Gasteiger partial charge on any atom is -0.378 e. The Kier molecular flexibility index (Phi) is 4.92. The molecule has 0 spiro atoms. The summed E-state index contributed by atoms with van der Waals surface area (Å²) >= 11 is 3.28. The molecule has 1 amide bonds. The van der Waals surface area contributed by atoms with Crippen molar-refractivity contribution in [3.63, 3.8) is 0 Å². The molecule has 8 heteroatoms. The molecule has 2 heterocycles. The summed E-state index contributed by atoms with van der Waals surface area (Å²) < 4.78 is 11.5. The number of amides is 1. The van der Waals surface area contributed by atoms with E-state index in [0.717, 1.165) is 6.42 Å². The Hall–Kier alpha value is -1.22. The summed E-state index contributed by atoms with van der Waals surface area (Å²) in [5.41, 5.74) is 2.32. The van der Waals surface area contributed by atoms with Crippen LogP contribution >= 0.6 is 15.9 Å². The third-order valence-electron chi connectivity index (χ3n) is 3.31. The third kappa shape index (κ3) is 3.26. The summed E-state index contributed by atoms with van der Waals surface area (Å²) in [5, 5.41) is 2.83. The van der Waals surface area contributed by atoms with Crippen molar-refractivity contribution in [3.05, 3.63) is 22.3 Å². The van der Waals surface area contributed by atoms with Crippen LogP contribution in [-0.2, 0) is 9.47 Å². The Labute approximate surface area is 125 Å². The molecule has 0 radical (unpaired) electrons. The van der Waals surface area contributed by atoms with Crippen LogP contribution in [0.2, 0.25) is 0 Å². The zero-order valence-electron chi connectivity index (χ0n) is 11.1. The maximum atomic E-state index is 12.2. The predicted molar refractivity (Wildman–Crippen MR) is 77.3 cm³/mol. The van der Waals surface area contributed by atoms with E-state index in [1.807, 2.05) is 0 Å². The van der Waals surface area contributed by atoms with Crippen LogP contribution in [0.25, 0.3) is 0 Å². The summed E-state index contributed by atoms with van der Waals surface area (Å²) in [6, 6.07) is 1.65. The van der Waals surface area contributed by atoms with Crippen LogP contribution in [0.4, 0.5) is 5.82 Å². The van der Waals surface area contributed by atoms with Gasteiger partial charge in [0.05, 0.1) is 12.2 Å². The number of hydrogen-bond donors (Lipinski definition) is 3. The van der Waals surface area contributed by atoms with Crippen LogP contribution in [-0.4, -0.2) is 43.4 Å². The minimum absolute atomic E-state index is 0.268. The second-order valence-electron chi connectivity index (χ2n) is 4.57. The smallest absolute Gasteiger partial charge is 0.255 e. The molecule has 20 heavy (non-hydrogen) atoms. The number of methoxy groups -OCH3 is 1. The monoisotopic (exact) mass is 344 g/mol. The van der Waals surface area contributed by atoms with Gasteiger partial charge in [-0.25, -0.2) is 10.8 Å². The number of carbonyl (C=O) groups excluding carboxylic acids is 1. The van der Waals surface area contributed by atoms with Gasteiger partial charge < -0.3 is 20.2 Å². The Bertz CT molecular complexity index is 492. The Morgan fingerprint density at radius 1 is 1.70 bits per heavy atom. The Balaban J connectivity index is 2.06. The topological polar surface area (TPSA) is 98.5 Å². The van der Waals surface area contributed by atoms with Crippen LogP contribution in [0.15, 0.2) is 16.7 Å². The lowest BCUT2D eigenvalue weighted by Gasteiger charge is -2.26. The Morgan fingerprint density at radius 3 is 3.10 bits per heavy atom. The molecule has 0 aromatic carbocycles. The van der Waals surface area contributed by atoms with Crippen LogP contribution in [0.5, 0.6) is 0 Å². The number of carbonyl (C=O) groups is 1. The molecule has 1 saturated heterocycles. The molecule has 0 saturated carbocycles. The molecule has 1 aromatic rings. The fourth-order valence-electron chi connectivity index (χ4n) is 2.03. The van der Waals surface area contributed by atoms with Crippen molar-refractivity contribution in [2.45, 2.75) is 12.0 Å². The van der Waals surface area contributed by atoms with Crippen molar-refractivity contribution in [2.75, 3.05) is 32.3 Å². The van der Waals surface area contributed by atoms with Gasteiger partial charge in [-0.3, -0.25) is 4.79 Å². The molecular weight excluding hydrogens is 328 g/mol. The summed E-state index contributed by atoms with van der Waals surface area (Å²) in [6.07, 6.45) is 2.32. The van der Waals surface area contributed by atoms with Crippen LogP contribution in [0, 0.1) is 0 Å². The first-order valence-electron chi connectivity index (χ1n) is 6.13.